The summed E-state index contributed by atoms with van der Waals surface area (Å²) in [7, 11) is 0. The summed E-state index contributed by atoms with van der Waals surface area (Å²) in [4.78, 5) is 24.2. The van der Waals surface area contributed by atoms with Gasteiger partial charge in [0.2, 0.25) is 0 Å². The maximum Gasteiger partial charge on any atom is 0.338 e. The van der Waals surface area contributed by atoms with Crippen molar-refractivity contribution < 1.29 is 14.3 Å². The van der Waals surface area contributed by atoms with Crippen LogP contribution >= 0.6 is 0 Å². The van der Waals surface area contributed by atoms with Crippen LogP contribution in [0.15, 0.2) is 60.7 Å². The van der Waals surface area contributed by atoms with Crippen LogP contribution in [0.5, 0.6) is 0 Å². The molecule has 0 radical (unpaired) electrons. The number of fused-ring (bicyclic) bond motifs is 1. The summed E-state index contributed by atoms with van der Waals surface area (Å²) in [6.07, 6.45) is 0. The number of esters is 1. The smallest absolute Gasteiger partial charge is 0.338 e. The van der Waals surface area contributed by atoms with Crippen LogP contribution in [0.25, 0.3) is 10.8 Å². The molecule has 25 heavy (non-hydrogen) atoms. The Morgan fingerprint density at radius 3 is 2.48 bits per heavy atom. The molecule has 0 atom stereocenters. The zero-order valence-electron chi connectivity index (χ0n) is 14.2. The largest absolute Gasteiger partial charge is 0.452 e. The SMILES string of the molecule is Cc1ccc(C(=O)OCC(=O)Nc2cccc3ccccc23)cc1C. The van der Waals surface area contributed by atoms with Crippen LogP contribution in [-0.4, -0.2) is 18.5 Å². The Kier molecular flexibility index (Phi) is 4.80. The van der Waals surface area contributed by atoms with E-state index in [1.165, 1.54) is 0 Å². The molecule has 0 bridgehead atoms. The molecule has 0 aliphatic rings. The van der Waals surface area contributed by atoms with Gasteiger partial charge in [-0.05, 0) is 48.6 Å². The van der Waals surface area contributed by atoms with Gasteiger partial charge in [-0.1, -0.05) is 42.5 Å². The molecule has 3 aromatic carbocycles. The predicted molar refractivity (Wildman–Crippen MR) is 98.8 cm³/mol. The van der Waals surface area contributed by atoms with E-state index < -0.39 is 5.97 Å². The molecule has 0 aromatic heterocycles. The van der Waals surface area contributed by atoms with Gasteiger partial charge >= 0.3 is 5.97 Å². The fraction of sp³-hybridized carbons (Fsp3) is 0.143. The zero-order valence-corrected chi connectivity index (χ0v) is 14.2. The van der Waals surface area contributed by atoms with E-state index in [0.717, 1.165) is 21.9 Å². The van der Waals surface area contributed by atoms with Crippen LogP contribution in [0.4, 0.5) is 5.69 Å². The van der Waals surface area contributed by atoms with Crippen molar-refractivity contribution in [2.45, 2.75) is 13.8 Å². The number of aryl methyl sites for hydroxylation is 2. The van der Waals surface area contributed by atoms with Crippen LogP contribution in [0.1, 0.15) is 21.5 Å². The second-order valence-electron chi connectivity index (χ2n) is 5.95. The third-order valence-electron chi connectivity index (χ3n) is 4.14. The van der Waals surface area contributed by atoms with E-state index in [4.69, 9.17) is 4.74 Å². The summed E-state index contributed by atoms with van der Waals surface area (Å²) >= 11 is 0. The normalized spacial score (nSPS) is 10.5. The molecule has 0 spiro atoms. The number of ether oxygens (including phenoxy) is 1. The lowest BCUT2D eigenvalue weighted by molar-refractivity contribution is -0.119. The molecule has 0 aliphatic carbocycles. The van der Waals surface area contributed by atoms with Crippen molar-refractivity contribution in [3.63, 3.8) is 0 Å². The second kappa shape index (κ2) is 7.18. The number of anilines is 1. The average Bonchev–Trinajstić information content (AvgIpc) is 2.62. The Hall–Kier alpha value is -3.14. The molecule has 0 aliphatic heterocycles. The number of amides is 1. The highest BCUT2D eigenvalue weighted by atomic mass is 16.5. The van der Waals surface area contributed by atoms with Gasteiger partial charge in [-0.3, -0.25) is 4.79 Å². The van der Waals surface area contributed by atoms with E-state index in [2.05, 4.69) is 5.32 Å². The van der Waals surface area contributed by atoms with E-state index in [1.807, 2.05) is 62.4 Å². The summed E-state index contributed by atoms with van der Waals surface area (Å²) in [6, 6.07) is 18.8. The molecule has 1 N–H and O–H groups in total. The number of carbonyl (C=O) groups excluding carboxylic acids is 2. The quantitative estimate of drug-likeness (QED) is 0.726. The maximum absolute atomic E-state index is 12.1. The Balaban J connectivity index is 1.64. The summed E-state index contributed by atoms with van der Waals surface area (Å²) in [6.45, 7) is 3.58. The summed E-state index contributed by atoms with van der Waals surface area (Å²) < 4.78 is 5.12. The molecule has 126 valence electrons. The van der Waals surface area contributed by atoms with Crippen molar-refractivity contribution in [2.75, 3.05) is 11.9 Å². The topological polar surface area (TPSA) is 55.4 Å². The lowest BCUT2D eigenvalue weighted by atomic mass is 10.1. The van der Waals surface area contributed by atoms with E-state index in [-0.39, 0.29) is 12.5 Å². The van der Waals surface area contributed by atoms with Crippen LogP contribution in [-0.2, 0) is 9.53 Å². The number of nitrogens with one attached hydrogen (secondary N) is 1. The highest BCUT2D eigenvalue weighted by Gasteiger charge is 2.12. The Bertz CT molecular complexity index is 942. The van der Waals surface area contributed by atoms with E-state index in [1.54, 1.807) is 12.1 Å². The minimum Gasteiger partial charge on any atom is -0.452 e. The van der Waals surface area contributed by atoms with Crippen molar-refractivity contribution in [1.29, 1.82) is 0 Å². The van der Waals surface area contributed by atoms with Crippen LogP contribution < -0.4 is 5.32 Å². The highest BCUT2D eigenvalue weighted by molar-refractivity contribution is 6.03. The van der Waals surface area contributed by atoms with Gasteiger partial charge in [-0.15, -0.1) is 0 Å². The summed E-state index contributed by atoms with van der Waals surface area (Å²) in [5.41, 5.74) is 3.26. The first-order valence-electron chi connectivity index (χ1n) is 8.06. The van der Waals surface area contributed by atoms with Gasteiger partial charge in [-0.2, -0.15) is 0 Å². The van der Waals surface area contributed by atoms with Gasteiger partial charge in [0.25, 0.3) is 5.91 Å². The summed E-state index contributed by atoms with van der Waals surface area (Å²) in [5.74, 6) is -0.871. The third kappa shape index (κ3) is 3.86. The minimum atomic E-state index is -0.504. The predicted octanol–water partition coefficient (Wildman–Crippen LogP) is 4.25. The lowest BCUT2D eigenvalue weighted by Crippen LogP contribution is -2.21. The minimum absolute atomic E-state index is 0.324. The van der Waals surface area contributed by atoms with Gasteiger partial charge in [-0.25, -0.2) is 4.79 Å². The number of hydrogen-bond donors (Lipinski definition) is 1. The Morgan fingerprint density at radius 2 is 1.68 bits per heavy atom. The van der Waals surface area contributed by atoms with Gasteiger partial charge in [0.15, 0.2) is 6.61 Å². The van der Waals surface area contributed by atoms with Crippen LogP contribution in [0, 0.1) is 13.8 Å². The maximum atomic E-state index is 12.1. The lowest BCUT2D eigenvalue weighted by Gasteiger charge is -2.10. The van der Waals surface area contributed by atoms with E-state index in [9.17, 15) is 9.59 Å². The van der Waals surface area contributed by atoms with Crippen LogP contribution in [0.3, 0.4) is 0 Å². The fourth-order valence-corrected chi connectivity index (χ4v) is 2.60. The molecule has 4 heteroatoms. The first-order valence-corrected chi connectivity index (χ1v) is 8.06. The Morgan fingerprint density at radius 1 is 0.920 bits per heavy atom. The molecule has 0 fully saturated rings. The molecule has 4 nitrogen and oxygen atoms in total. The molecule has 3 rings (SSSR count). The van der Waals surface area contributed by atoms with Gasteiger partial charge in [0, 0.05) is 11.1 Å². The standard InChI is InChI=1S/C21H19NO3/c1-14-10-11-17(12-15(14)2)21(24)25-13-20(23)22-19-9-5-7-16-6-3-4-8-18(16)19/h3-12H,13H2,1-2H3,(H,22,23). The first kappa shape index (κ1) is 16.7. The van der Waals surface area contributed by atoms with E-state index in [0.29, 0.717) is 11.3 Å². The van der Waals surface area contributed by atoms with Crippen molar-refractivity contribution in [1.82, 2.24) is 0 Å². The van der Waals surface area contributed by atoms with Gasteiger partial charge in [0.1, 0.15) is 0 Å². The van der Waals surface area contributed by atoms with Crippen molar-refractivity contribution in [2.24, 2.45) is 0 Å². The highest BCUT2D eigenvalue weighted by Crippen LogP contribution is 2.22. The van der Waals surface area contributed by atoms with Gasteiger partial charge < -0.3 is 10.1 Å². The number of hydrogen-bond acceptors (Lipinski definition) is 3. The molecule has 0 heterocycles. The summed E-state index contributed by atoms with van der Waals surface area (Å²) in [5, 5.41) is 4.77. The molecule has 3 aromatic rings. The zero-order chi connectivity index (χ0) is 17.8. The molecule has 1 amide bonds. The van der Waals surface area contributed by atoms with Gasteiger partial charge in [0.05, 0.1) is 5.56 Å². The molecule has 0 unspecified atom stereocenters. The fourth-order valence-electron chi connectivity index (χ4n) is 2.60. The van der Waals surface area contributed by atoms with Crippen molar-refractivity contribution >= 4 is 28.3 Å². The van der Waals surface area contributed by atoms with Crippen molar-refractivity contribution in [3.05, 3.63) is 77.4 Å². The second-order valence-corrected chi connectivity index (χ2v) is 5.95. The molecular formula is C21H19NO3. The average molecular weight is 333 g/mol. The van der Waals surface area contributed by atoms with Crippen LogP contribution in [0.2, 0.25) is 0 Å². The number of rotatable bonds is 4. The Labute approximate surface area is 146 Å². The number of benzene rings is 3. The third-order valence-corrected chi connectivity index (χ3v) is 4.14. The monoisotopic (exact) mass is 333 g/mol. The molecule has 0 saturated carbocycles. The molecule has 0 saturated heterocycles. The van der Waals surface area contributed by atoms with E-state index >= 15 is 0 Å². The first-order chi connectivity index (χ1) is 12.0. The number of carbonyl (C=O) groups is 2. The van der Waals surface area contributed by atoms with Crippen molar-refractivity contribution in [3.8, 4) is 0 Å². The molecular weight excluding hydrogens is 314 g/mol.